The van der Waals surface area contributed by atoms with Gasteiger partial charge in [0.2, 0.25) is 0 Å². The van der Waals surface area contributed by atoms with Crippen molar-refractivity contribution in [3.63, 3.8) is 0 Å². The molecule has 6 heteroatoms. The zero-order valence-corrected chi connectivity index (χ0v) is 11.0. The largest absolute Gasteiger partial charge is 0.507 e. The van der Waals surface area contributed by atoms with E-state index in [9.17, 15) is 9.90 Å². The SMILES string of the molecule is CON(C)C(=O)[C@@H]1CSC(c2ccccc2O)=N1. The van der Waals surface area contributed by atoms with Crippen molar-refractivity contribution < 1.29 is 14.7 Å². The minimum absolute atomic E-state index is 0.178. The van der Waals surface area contributed by atoms with Gasteiger partial charge in [0.25, 0.3) is 5.91 Å². The number of phenols is 1. The molecule has 1 aromatic carbocycles. The Morgan fingerprint density at radius 1 is 1.56 bits per heavy atom. The van der Waals surface area contributed by atoms with E-state index in [2.05, 4.69) is 4.99 Å². The third kappa shape index (κ3) is 2.49. The summed E-state index contributed by atoms with van der Waals surface area (Å²) in [5.74, 6) is 0.559. The predicted octanol–water partition coefficient (Wildman–Crippen LogP) is 1.27. The summed E-state index contributed by atoms with van der Waals surface area (Å²) in [6.45, 7) is 0. The van der Waals surface area contributed by atoms with Gasteiger partial charge in [-0.15, -0.1) is 11.8 Å². The molecular weight excluding hydrogens is 252 g/mol. The van der Waals surface area contributed by atoms with E-state index in [1.165, 1.54) is 23.9 Å². The minimum Gasteiger partial charge on any atom is -0.507 e. The molecule has 96 valence electrons. The van der Waals surface area contributed by atoms with Crippen molar-refractivity contribution in [3.05, 3.63) is 29.8 Å². The van der Waals surface area contributed by atoms with Crippen LogP contribution in [0.5, 0.6) is 5.75 Å². The van der Waals surface area contributed by atoms with Gasteiger partial charge in [-0.2, -0.15) is 0 Å². The van der Waals surface area contributed by atoms with Gasteiger partial charge in [0.1, 0.15) is 16.8 Å². The molecule has 0 radical (unpaired) electrons. The Kier molecular flexibility index (Phi) is 3.88. The molecule has 1 aliphatic rings. The van der Waals surface area contributed by atoms with Crippen LogP contribution in [0.15, 0.2) is 29.3 Å². The Labute approximate surface area is 109 Å². The van der Waals surface area contributed by atoms with E-state index in [0.717, 1.165) is 0 Å². The standard InChI is InChI=1S/C12H14N2O3S/c1-14(17-2)12(16)9-7-18-11(13-9)8-5-3-4-6-10(8)15/h3-6,9,15H,7H2,1-2H3/t9-/m0/s1. The lowest BCUT2D eigenvalue weighted by Gasteiger charge is -2.15. The maximum atomic E-state index is 11.9. The molecule has 1 aromatic rings. The lowest BCUT2D eigenvalue weighted by molar-refractivity contribution is -0.169. The van der Waals surface area contributed by atoms with Crippen LogP contribution in [-0.4, -0.2) is 47.1 Å². The second-order valence-corrected chi connectivity index (χ2v) is 4.81. The van der Waals surface area contributed by atoms with Crippen molar-refractivity contribution in [1.82, 2.24) is 5.06 Å². The zero-order valence-electron chi connectivity index (χ0n) is 10.2. The molecule has 0 aromatic heterocycles. The highest BCUT2D eigenvalue weighted by Crippen LogP contribution is 2.28. The minimum atomic E-state index is -0.449. The number of nitrogens with zero attached hydrogens (tertiary/aromatic N) is 2. The van der Waals surface area contributed by atoms with Crippen LogP contribution in [0.1, 0.15) is 5.56 Å². The number of hydrogen-bond acceptors (Lipinski definition) is 5. The molecule has 0 bridgehead atoms. The Bertz CT molecular complexity index is 490. The van der Waals surface area contributed by atoms with Crippen molar-refractivity contribution in [2.75, 3.05) is 19.9 Å². The number of rotatable bonds is 3. The molecule has 0 aliphatic carbocycles. The van der Waals surface area contributed by atoms with Gasteiger partial charge in [-0.05, 0) is 12.1 Å². The highest BCUT2D eigenvalue weighted by atomic mass is 32.2. The summed E-state index contributed by atoms with van der Waals surface area (Å²) in [4.78, 5) is 21.0. The first-order valence-electron chi connectivity index (χ1n) is 5.44. The van der Waals surface area contributed by atoms with E-state index < -0.39 is 6.04 Å². The third-order valence-electron chi connectivity index (χ3n) is 2.65. The van der Waals surface area contributed by atoms with Crippen LogP contribution in [0, 0.1) is 0 Å². The van der Waals surface area contributed by atoms with Gasteiger partial charge in [-0.1, -0.05) is 12.1 Å². The van der Waals surface area contributed by atoms with Gasteiger partial charge < -0.3 is 5.11 Å². The summed E-state index contributed by atoms with van der Waals surface area (Å²) in [6.07, 6.45) is 0. The third-order valence-corrected chi connectivity index (χ3v) is 3.74. The van der Waals surface area contributed by atoms with E-state index >= 15 is 0 Å². The molecule has 0 unspecified atom stereocenters. The number of amides is 1. The molecule has 0 saturated carbocycles. The molecule has 1 amide bonds. The van der Waals surface area contributed by atoms with E-state index in [4.69, 9.17) is 4.84 Å². The van der Waals surface area contributed by atoms with Gasteiger partial charge >= 0.3 is 0 Å². The Hall–Kier alpha value is -1.53. The zero-order chi connectivity index (χ0) is 13.1. The summed E-state index contributed by atoms with van der Waals surface area (Å²) in [7, 11) is 2.99. The van der Waals surface area contributed by atoms with Gasteiger partial charge in [-0.25, -0.2) is 5.06 Å². The lowest BCUT2D eigenvalue weighted by atomic mass is 10.2. The fraction of sp³-hybridized carbons (Fsp3) is 0.333. The van der Waals surface area contributed by atoms with Crippen molar-refractivity contribution in [2.24, 2.45) is 4.99 Å². The van der Waals surface area contributed by atoms with Crippen LogP contribution < -0.4 is 0 Å². The molecule has 1 heterocycles. The van der Waals surface area contributed by atoms with E-state index in [1.54, 1.807) is 25.2 Å². The van der Waals surface area contributed by atoms with E-state index in [-0.39, 0.29) is 11.7 Å². The van der Waals surface area contributed by atoms with Crippen LogP contribution in [0.4, 0.5) is 0 Å². The smallest absolute Gasteiger partial charge is 0.271 e. The van der Waals surface area contributed by atoms with Crippen LogP contribution in [0.2, 0.25) is 0 Å². The van der Waals surface area contributed by atoms with Crippen molar-refractivity contribution >= 4 is 22.7 Å². The monoisotopic (exact) mass is 266 g/mol. The maximum absolute atomic E-state index is 11.9. The van der Waals surface area contributed by atoms with Crippen LogP contribution >= 0.6 is 11.8 Å². The van der Waals surface area contributed by atoms with Crippen LogP contribution in [0.25, 0.3) is 0 Å². The van der Waals surface area contributed by atoms with Gasteiger partial charge in [-0.3, -0.25) is 14.6 Å². The average Bonchev–Trinajstić information content (AvgIpc) is 2.87. The number of carbonyl (C=O) groups excluding carboxylic acids is 1. The van der Waals surface area contributed by atoms with Crippen LogP contribution in [0.3, 0.4) is 0 Å². The molecule has 1 aliphatic heterocycles. The first kappa shape index (κ1) is 12.9. The molecule has 0 saturated heterocycles. The second-order valence-electron chi connectivity index (χ2n) is 3.80. The van der Waals surface area contributed by atoms with Gasteiger partial charge in [0, 0.05) is 18.4 Å². The summed E-state index contributed by atoms with van der Waals surface area (Å²) in [5.41, 5.74) is 0.665. The number of thioether (sulfide) groups is 1. The fourth-order valence-electron chi connectivity index (χ4n) is 1.60. The number of hydrogen-bond donors (Lipinski definition) is 1. The summed E-state index contributed by atoms with van der Waals surface area (Å²) in [5, 5.41) is 11.6. The topological polar surface area (TPSA) is 62.1 Å². The van der Waals surface area contributed by atoms with Crippen molar-refractivity contribution in [2.45, 2.75) is 6.04 Å². The molecule has 2 rings (SSSR count). The van der Waals surface area contributed by atoms with Crippen molar-refractivity contribution in [1.29, 1.82) is 0 Å². The van der Waals surface area contributed by atoms with Gasteiger partial charge in [0.15, 0.2) is 0 Å². The highest BCUT2D eigenvalue weighted by molar-refractivity contribution is 8.14. The quantitative estimate of drug-likeness (QED) is 0.837. The Morgan fingerprint density at radius 2 is 2.28 bits per heavy atom. The Morgan fingerprint density at radius 3 is 2.94 bits per heavy atom. The predicted molar refractivity (Wildman–Crippen MR) is 70.7 cm³/mol. The number of aliphatic imine (C=N–C) groups is 1. The molecule has 0 fully saturated rings. The summed E-state index contributed by atoms with van der Waals surface area (Å²) < 4.78 is 0. The molecular formula is C12H14N2O3S. The first-order valence-corrected chi connectivity index (χ1v) is 6.42. The number of benzene rings is 1. The van der Waals surface area contributed by atoms with E-state index in [1.807, 2.05) is 6.07 Å². The molecule has 1 N–H and O–H groups in total. The number of aromatic hydroxyl groups is 1. The number of carbonyl (C=O) groups is 1. The molecule has 18 heavy (non-hydrogen) atoms. The molecule has 1 atom stereocenters. The average molecular weight is 266 g/mol. The highest BCUT2D eigenvalue weighted by Gasteiger charge is 2.29. The maximum Gasteiger partial charge on any atom is 0.271 e. The molecule has 0 spiro atoms. The lowest BCUT2D eigenvalue weighted by Crippen LogP contribution is -2.34. The van der Waals surface area contributed by atoms with E-state index in [0.29, 0.717) is 16.4 Å². The summed E-state index contributed by atoms with van der Waals surface area (Å²) in [6, 6.07) is 6.52. The number of hydroxylamine groups is 2. The normalized spacial score (nSPS) is 18.6. The first-order chi connectivity index (χ1) is 8.63. The second kappa shape index (κ2) is 5.41. The van der Waals surface area contributed by atoms with Crippen LogP contribution in [-0.2, 0) is 9.63 Å². The summed E-state index contributed by atoms with van der Waals surface area (Å²) >= 11 is 1.46. The Balaban J connectivity index is 2.19. The number of likely N-dealkylation sites (N-methyl/N-ethyl adjacent to an activating group) is 1. The molecule has 5 nitrogen and oxygen atoms in total. The van der Waals surface area contributed by atoms with Gasteiger partial charge in [0.05, 0.1) is 7.11 Å². The number of para-hydroxylation sites is 1. The van der Waals surface area contributed by atoms with Crippen molar-refractivity contribution in [3.8, 4) is 5.75 Å². The fourth-order valence-corrected chi connectivity index (χ4v) is 2.66. The number of phenolic OH excluding ortho intramolecular Hbond substituents is 1.